The SMILES string of the molecule is CCCC1CCC(O)(Cc2c(Br)c(C)nn2CC)CC1. The molecule has 1 saturated carbocycles. The zero-order valence-electron chi connectivity index (χ0n) is 13.0. The highest BCUT2D eigenvalue weighted by Gasteiger charge is 2.34. The van der Waals surface area contributed by atoms with Crippen LogP contribution in [0.4, 0.5) is 0 Å². The quantitative estimate of drug-likeness (QED) is 0.868. The standard InChI is InChI=1S/C16H27BrN2O/c1-4-6-13-7-9-16(20,10-8-13)11-14-15(17)12(3)18-19(14)5-2/h13,20H,4-11H2,1-3H3. The average Bonchev–Trinajstić information content (AvgIpc) is 2.69. The predicted molar refractivity (Wildman–Crippen MR) is 85.9 cm³/mol. The first-order chi connectivity index (χ1) is 9.49. The van der Waals surface area contributed by atoms with Gasteiger partial charge in [0.05, 0.1) is 21.5 Å². The van der Waals surface area contributed by atoms with Gasteiger partial charge in [0.25, 0.3) is 0 Å². The van der Waals surface area contributed by atoms with Crippen LogP contribution in [0.15, 0.2) is 4.47 Å². The third-order valence-corrected chi connectivity index (χ3v) is 5.71. The van der Waals surface area contributed by atoms with Gasteiger partial charge in [0.15, 0.2) is 0 Å². The number of aromatic nitrogens is 2. The molecule has 2 rings (SSSR count). The lowest BCUT2D eigenvalue weighted by Gasteiger charge is -2.36. The van der Waals surface area contributed by atoms with E-state index in [0.29, 0.717) is 0 Å². The van der Waals surface area contributed by atoms with Crippen LogP contribution >= 0.6 is 15.9 Å². The molecule has 1 aromatic heterocycles. The average molecular weight is 343 g/mol. The van der Waals surface area contributed by atoms with Crippen molar-refractivity contribution in [3.05, 3.63) is 15.9 Å². The van der Waals surface area contributed by atoms with E-state index >= 15 is 0 Å². The summed E-state index contributed by atoms with van der Waals surface area (Å²) >= 11 is 3.64. The van der Waals surface area contributed by atoms with E-state index in [2.05, 4.69) is 34.9 Å². The van der Waals surface area contributed by atoms with E-state index in [1.807, 2.05) is 11.6 Å². The number of halogens is 1. The number of hydrogen-bond donors (Lipinski definition) is 1. The lowest BCUT2D eigenvalue weighted by Crippen LogP contribution is -2.37. The van der Waals surface area contributed by atoms with Crippen molar-refractivity contribution in [3.63, 3.8) is 0 Å². The maximum atomic E-state index is 10.9. The maximum absolute atomic E-state index is 10.9. The Hall–Kier alpha value is -0.350. The zero-order valence-corrected chi connectivity index (χ0v) is 14.5. The second-order valence-corrected chi connectivity index (χ2v) is 7.09. The Balaban J connectivity index is 2.06. The van der Waals surface area contributed by atoms with Crippen LogP contribution in [0.1, 0.15) is 63.8 Å². The smallest absolute Gasteiger partial charge is 0.0738 e. The molecule has 0 aromatic carbocycles. The molecule has 1 heterocycles. The molecule has 0 unspecified atom stereocenters. The van der Waals surface area contributed by atoms with Gasteiger partial charge in [-0.15, -0.1) is 0 Å². The Morgan fingerprint density at radius 3 is 2.55 bits per heavy atom. The Labute approximate surface area is 130 Å². The summed E-state index contributed by atoms with van der Waals surface area (Å²) < 4.78 is 3.10. The van der Waals surface area contributed by atoms with E-state index < -0.39 is 5.60 Å². The fraction of sp³-hybridized carbons (Fsp3) is 0.812. The molecule has 0 saturated heterocycles. The second-order valence-electron chi connectivity index (χ2n) is 6.30. The minimum absolute atomic E-state index is 0.536. The lowest BCUT2D eigenvalue weighted by molar-refractivity contribution is -0.0115. The third-order valence-electron chi connectivity index (χ3n) is 4.68. The van der Waals surface area contributed by atoms with E-state index in [1.54, 1.807) is 0 Å². The van der Waals surface area contributed by atoms with Crippen molar-refractivity contribution >= 4 is 15.9 Å². The van der Waals surface area contributed by atoms with E-state index in [1.165, 1.54) is 25.7 Å². The van der Waals surface area contributed by atoms with Crippen molar-refractivity contribution in [1.29, 1.82) is 0 Å². The summed E-state index contributed by atoms with van der Waals surface area (Å²) in [5.41, 5.74) is 1.64. The first-order valence-corrected chi connectivity index (χ1v) is 8.72. The van der Waals surface area contributed by atoms with Crippen LogP contribution in [-0.4, -0.2) is 20.5 Å². The molecule has 0 atom stereocenters. The van der Waals surface area contributed by atoms with Gasteiger partial charge in [-0.3, -0.25) is 4.68 Å². The first-order valence-electron chi connectivity index (χ1n) is 7.93. The van der Waals surface area contributed by atoms with Gasteiger partial charge >= 0.3 is 0 Å². The van der Waals surface area contributed by atoms with Crippen LogP contribution in [0.5, 0.6) is 0 Å². The van der Waals surface area contributed by atoms with E-state index in [0.717, 1.165) is 47.6 Å². The molecular formula is C16H27BrN2O. The molecule has 1 N–H and O–H groups in total. The van der Waals surface area contributed by atoms with Crippen LogP contribution in [0.3, 0.4) is 0 Å². The van der Waals surface area contributed by atoms with Crippen molar-refractivity contribution in [2.45, 2.75) is 77.9 Å². The summed E-state index contributed by atoms with van der Waals surface area (Å²) in [6.07, 6.45) is 7.49. The Bertz CT molecular complexity index is 448. The summed E-state index contributed by atoms with van der Waals surface area (Å²) in [6.45, 7) is 7.23. The van der Waals surface area contributed by atoms with E-state index in [-0.39, 0.29) is 0 Å². The van der Waals surface area contributed by atoms with Crippen LogP contribution in [-0.2, 0) is 13.0 Å². The highest BCUT2D eigenvalue weighted by atomic mass is 79.9. The predicted octanol–water partition coefficient (Wildman–Crippen LogP) is 4.24. The molecule has 1 aliphatic rings. The molecule has 0 amide bonds. The fourth-order valence-electron chi connectivity index (χ4n) is 3.44. The van der Waals surface area contributed by atoms with Gasteiger partial charge in [0.2, 0.25) is 0 Å². The van der Waals surface area contributed by atoms with E-state index in [9.17, 15) is 5.11 Å². The molecule has 4 heteroatoms. The normalized spacial score (nSPS) is 26.9. The summed E-state index contributed by atoms with van der Waals surface area (Å²) in [4.78, 5) is 0. The minimum Gasteiger partial charge on any atom is -0.389 e. The van der Waals surface area contributed by atoms with Crippen molar-refractivity contribution in [3.8, 4) is 0 Å². The van der Waals surface area contributed by atoms with Crippen molar-refractivity contribution in [1.82, 2.24) is 9.78 Å². The van der Waals surface area contributed by atoms with Crippen LogP contribution < -0.4 is 0 Å². The van der Waals surface area contributed by atoms with Gasteiger partial charge < -0.3 is 5.11 Å². The largest absolute Gasteiger partial charge is 0.389 e. The summed E-state index contributed by atoms with van der Waals surface area (Å²) in [5, 5.41) is 15.4. The second kappa shape index (κ2) is 6.61. The number of hydrogen-bond acceptors (Lipinski definition) is 2. The van der Waals surface area contributed by atoms with Gasteiger partial charge in [-0.05, 0) is 61.4 Å². The highest BCUT2D eigenvalue weighted by Crippen LogP contribution is 2.37. The molecule has 1 fully saturated rings. The molecule has 0 spiro atoms. The molecule has 0 aliphatic heterocycles. The lowest BCUT2D eigenvalue weighted by atomic mass is 9.75. The fourth-order valence-corrected chi connectivity index (χ4v) is 3.86. The summed E-state index contributed by atoms with van der Waals surface area (Å²) in [6, 6.07) is 0. The van der Waals surface area contributed by atoms with Gasteiger partial charge in [-0.2, -0.15) is 5.10 Å². The topological polar surface area (TPSA) is 38.1 Å². The molecular weight excluding hydrogens is 316 g/mol. The summed E-state index contributed by atoms with van der Waals surface area (Å²) in [7, 11) is 0. The number of aryl methyl sites for hydroxylation is 2. The van der Waals surface area contributed by atoms with Crippen molar-refractivity contribution in [2.75, 3.05) is 0 Å². The molecule has 20 heavy (non-hydrogen) atoms. The molecule has 0 radical (unpaired) electrons. The van der Waals surface area contributed by atoms with Crippen molar-refractivity contribution < 1.29 is 5.11 Å². The highest BCUT2D eigenvalue weighted by molar-refractivity contribution is 9.10. The van der Waals surface area contributed by atoms with Crippen molar-refractivity contribution in [2.24, 2.45) is 5.92 Å². The number of aliphatic hydroxyl groups is 1. The third kappa shape index (κ3) is 3.45. The molecule has 3 nitrogen and oxygen atoms in total. The maximum Gasteiger partial charge on any atom is 0.0738 e. The van der Waals surface area contributed by atoms with Gasteiger partial charge in [0, 0.05) is 13.0 Å². The van der Waals surface area contributed by atoms with Crippen LogP contribution in [0.25, 0.3) is 0 Å². The zero-order chi connectivity index (χ0) is 14.8. The van der Waals surface area contributed by atoms with Crippen LogP contribution in [0, 0.1) is 12.8 Å². The Kier molecular flexibility index (Phi) is 5.30. The Morgan fingerprint density at radius 2 is 2.00 bits per heavy atom. The van der Waals surface area contributed by atoms with Crippen LogP contribution in [0.2, 0.25) is 0 Å². The van der Waals surface area contributed by atoms with Gasteiger partial charge in [-0.25, -0.2) is 0 Å². The molecule has 1 aliphatic carbocycles. The molecule has 0 bridgehead atoms. The summed E-state index contributed by atoms with van der Waals surface area (Å²) in [5.74, 6) is 0.821. The van der Waals surface area contributed by atoms with E-state index in [4.69, 9.17) is 0 Å². The monoisotopic (exact) mass is 342 g/mol. The minimum atomic E-state index is -0.536. The molecule has 1 aromatic rings. The van der Waals surface area contributed by atoms with Gasteiger partial charge in [0.1, 0.15) is 0 Å². The number of nitrogens with zero attached hydrogens (tertiary/aromatic N) is 2. The first kappa shape index (κ1) is 16.0. The van der Waals surface area contributed by atoms with Gasteiger partial charge in [-0.1, -0.05) is 19.8 Å². The Morgan fingerprint density at radius 1 is 1.35 bits per heavy atom. The number of rotatable bonds is 5. The molecule has 114 valence electrons.